The molecule has 0 N–H and O–H groups in total. The van der Waals surface area contributed by atoms with Gasteiger partial charge in [0.15, 0.2) is 0 Å². The molecule has 0 rings (SSSR count). The molecule has 0 aromatic rings. The third-order valence-corrected chi connectivity index (χ3v) is 3.08. The second kappa shape index (κ2) is 10.9. The summed E-state index contributed by atoms with van der Waals surface area (Å²) < 4.78 is 0. The summed E-state index contributed by atoms with van der Waals surface area (Å²) in [6, 6.07) is 0. The van der Waals surface area contributed by atoms with Crippen LogP contribution in [0, 0.1) is 5.92 Å². The molecule has 0 heterocycles. The minimum atomic E-state index is 0.501. The molecule has 0 aromatic heterocycles. The molecule has 1 unspecified atom stereocenters. The number of hydrogen-bond donors (Lipinski definition) is 0. The van der Waals surface area contributed by atoms with Gasteiger partial charge in [-0.2, -0.15) is 0 Å². The number of rotatable bonds is 10. The molecule has 0 saturated carbocycles. The van der Waals surface area contributed by atoms with Gasteiger partial charge in [-0.1, -0.05) is 64.0 Å². The maximum atomic E-state index is 4.11. The van der Waals surface area contributed by atoms with Crippen LogP contribution >= 0.6 is 0 Å². The summed E-state index contributed by atoms with van der Waals surface area (Å²) >= 11 is 0. The number of hydrogen-bond acceptors (Lipinski definition) is 1. The first-order valence-electron chi connectivity index (χ1n) is 6.80. The summed E-state index contributed by atoms with van der Waals surface area (Å²) in [4.78, 5) is 4.11. The van der Waals surface area contributed by atoms with Gasteiger partial charge in [0.2, 0.25) is 0 Å². The fourth-order valence-corrected chi connectivity index (χ4v) is 1.95. The second-order valence-corrected chi connectivity index (χ2v) is 4.77. The van der Waals surface area contributed by atoms with Crippen molar-refractivity contribution in [3.8, 4) is 0 Å². The molecule has 0 fully saturated rings. The van der Waals surface area contributed by atoms with Crippen molar-refractivity contribution in [3.05, 3.63) is 12.2 Å². The number of aliphatic imine (C=N–C) groups is 1. The minimum absolute atomic E-state index is 0.501. The summed E-state index contributed by atoms with van der Waals surface area (Å²) in [5, 5.41) is 0. The molecule has 0 spiro atoms. The van der Waals surface area contributed by atoms with Gasteiger partial charge in [0, 0.05) is 19.2 Å². The monoisotopic (exact) mass is 223 g/mol. The van der Waals surface area contributed by atoms with E-state index in [1.807, 2.05) is 13.3 Å². The number of nitrogens with zero attached hydrogens (tertiary/aromatic N) is 1. The van der Waals surface area contributed by atoms with E-state index in [4.69, 9.17) is 0 Å². The molecular weight excluding hydrogens is 194 g/mol. The summed E-state index contributed by atoms with van der Waals surface area (Å²) in [7, 11) is 1.85. The molecule has 1 atom stereocenters. The van der Waals surface area contributed by atoms with Crippen LogP contribution in [0.4, 0.5) is 0 Å². The third-order valence-electron chi connectivity index (χ3n) is 3.08. The first-order chi connectivity index (χ1) is 7.72. The summed E-state index contributed by atoms with van der Waals surface area (Å²) in [5.74, 6) is 0.501. The van der Waals surface area contributed by atoms with Gasteiger partial charge in [0.1, 0.15) is 0 Å². The lowest BCUT2D eigenvalue weighted by molar-refractivity contribution is 0.558. The smallest absolute Gasteiger partial charge is 0.0273 e. The Morgan fingerprint density at radius 3 is 2.19 bits per heavy atom. The van der Waals surface area contributed by atoms with Crippen molar-refractivity contribution in [2.24, 2.45) is 10.9 Å². The molecule has 1 nitrogen and oxygen atoms in total. The molecule has 0 aliphatic carbocycles. The van der Waals surface area contributed by atoms with Crippen molar-refractivity contribution < 1.29 is 0 Å². The largest absolute Gasteiger partial charge is 0.300 e. The van der Waals surface area contributed by atoms with Gasteiger partial charge in [0.05, 0.1) is 0 Å². The Balaban J connectivity index is 3.44. The highest BCUT2D eigenvalue weighted by Crippen LogP contribution is 2.16. The van der Waals surface area contributed by atoms with Gasteiger partial charge in [0.25, 0.3) is 0 Å². The van der Waals surface area contributed by atoms with E-state index in [0.717, 1.165) is 0 Å². The Kier molecular flexibility index (Phi) is 10.5. The molecule has 16 heavy (non-hydrogen) atoms. The van der Waals surface area contributed by atoms with Crippen molar-refractivity contribution >= 4 is 6.21 Å². The van der Waals surface area contributed by atoms with Gasteiger partial charge in [-0.3, -0.25) is 0 Å². The average Bonchev–Trinajstić information content (AvgIpc) is 2.26. The van der Waals surface area contributed by atoms with Crippen LogP contribution in [0.3, 0.4) is 0 Å². The van der Waals surface area contributed by atoms with Crippen LogP contribution in [-0.2, 0) is 0 Å². The van der Waals surface area contributed by atoms with E-state index >= 15 is 0 Å². The Morgan fingerprint density at radius 2 is 1.69 bits per heavy atom. The molecule has 0 bridgehead atoms. The Labute approximate surface area is 102 Å². The van der Waals surface area contributed by atoms with Crippen LogP contribution in [0.15, 0.2) is 17.1 Å². The van der Waals surface area contributed by atoms with E-state index < -0.39 is 0 Å². The van der Waals surface area contributed by atoms with Crippen LogP contribution in [0.1, 0.15) is 65.2 Å². The summed E-state index contributed by atoms with van der Waals surface area (Å²) in [5.41, 5.74) is 1.25. The van der Waals surface area contributed by atoms with E-state index in [1.165, 1.54) is 56.9 Å². The highest BCUT2D eigenvalue weighted by molar-refractivity contribution is 5.64. The maximum absolute atomic E-state index is 4.11. The highest BCUT2D eigenvalue weighted by Gasteiger charge is 2.05. The normalized spacial score (nSPS) is 13.2. The first kappa shape index (κ1) is 15.4. The van der Waals surface area contributed by atoms with Gasteiger partial charge < -0.3 is 4.99 Å². The zero-order valence-corrected chi connectivity index (χ0v) is 11.5. The molecule has 0 aliphatic heterocycles. The van der Waals surface area contributed by atoms with E-state index in [0.29, 0.717) is 5.92 Å². The van der Waals surface area contributed by atoms with Crippen molar-refractivity contribution in [1.82, 2.24) is 0 Å². The maximum Gasteiger partial charge on any atom is 0.0273 e. The van der Waals surface area contributed by atoms with E-state index in [2.05, 4.69) is 25.4 Å². The topological polar surface area (TPSA) is 12.4 Å². The van der Waals surface area contributed by atoms with Crippen LogP contribution in [0.2, 0.25) is 0 Å². The lowest BCUT2D eigenvalue weighted by atomic mass is 9.95. The quantitative estimate of drug-likeness (QED) is 0.280. The minimum Gasteiger partial charge on any atom is -0.300 e. The Hall–Kier alpha value is -0.590. The van der Waals surface area contributed by atoms with Gasteiger partial charge >= 0.3 is 0 Å². The van der Waals surface area contributed by atoms with E-state index in [1.54, 1.807) is 0 Å². The van der Waals surface area contributed by atoms with Gasteiger partial charge in [-0.15, -0.1) is 0 Å². The lowest BCUT2D eigenvalue weighted by Gasteiger charge is -2.11. The van der Waals surface area contributed by atoms with Crippen molar-refractivity contribution in [3.63, 3.8) is 0 Å². The predicted molar refractivity (Wildman–Crippen MR) is 75.3 cm³/mol. The Bertz CT molecular complexity index is 194. The third kappa shape index (κ3) is 8.70. The predicted octanol–water partition coefficient (Wildman–Crippen LogP) is 5.02. The molecule has 0 saturated heterocycles. The highest BCUT2D eigenvalue weighted by atomic mass is 14.6. The first-order valence-corrected chi connectivity index (χ1v) is 6.80. The zero-order chi connectivity index (χ0) is 12.2. The average molecular weight is 223 g/mol. The molecule has 1 heteroatoms. The van der Waals surface area contributed by atoms with Crippen molar-refractivity contribution in [2.45, 2.75) is 65.2 Å². The van der Waals surface area contributed by atoms with Crippen LogP contribution in [0.25, 0.3) is 0 Å². The van der Waals surface area contributed by atoms with Gasteiger partial charge in [-0.25, -0.2) is 0 Å². The standard InChI is InChI=1S/C15H29N/c1-5-6-7-8-9-10-11-12-15(13-16-4)14(2)3/h13,15H,2,5-12H2,1,3-4H3/b16-13-. The van der Waals surface area contributed by atoms with Crippen molar-refractivity contribution in [2.75, 3.05) is 7.05 Å². The summed E-state index contributed by atoms with van der Waals surface area (Å²) in [6.45, 7) is 8.39. The summed E-state index contributed by atoms with van der Waals surface area (Å²) in [6.07, 6.45) is 12.9. The van der Waals surface area contributed by atoms with Crippen LogP contribution in [0.5, 0.6) is 0 Å². The van der Waals surface area contributed by atoms with Gasteiger partial charge in [-0.05, 0) is 13.3 Å². The lowest BCUT2D eigenvalue weighted by Crippen LogP contribution is -2.02. The van der Waals surface area contributed by atoms with E-state index in [-0.39, 0.29) is 0 Å². The fourth-order valence-electron chi connectivity index (χ4n) is 1.95. The van der Waals surface area contributed by atoms with Crippen molar-refractivity contribution in [1.29, 1.82) is 0 Å². The molecule has 0 aliphatic rings. The second-order valence-electron chi connectivity index (χ2n) is 4.77. The SMILES string of the molecule is C=C(C)C(/C=N\C)CCCCCCCCC. The number of unbranched alkanes of at least 4 members (excludes halogenated alkanes) is 6. The fraction of sp³-hybridized carbons (Fsp3) is 0.800. The van der Waals surface area contributed by atoms with Crippen LogP contribution in [-0.4, -0.2) is 13.3 Å². The van der Waals surface area contributed by atoms with Crippen LogP contribution < -0.4 is 0 Å². The zero-order valence-electron chi connectivity index (χ0n) is 11.5. The Morgan fingerprint density at radius 1 is 1.12 bits per heavy atom. The number of allylic oxidation sites excluding steroid dienone is 1. The molecule has 94 valence electrons. The molecule has 0 amide bonds. The van der Waals surface area contributed by atoms with E-state index in [9.17, 15) is 0 Å². The molecule has 0 aromatic carbocycles. The molecule has 0 radical (unpaired) electrons. The molecular formula is C15H29N.